The highest BCUT2D eigenvalue weighted by Crippen LogP contribution is 2.36. The smallest absolute Gasteiger partial charge is 0.0950 e. The molecule has 1 saturated carbocycles. The van der Waals surface area contributed by atoms with Crippen LogP contribution >= 0.6 is 0 Å². The number of benzene rings is 1. The van der Waals surface area contributed by atoms with E-state index in [0.29, 0.717) is 5.41 Å². The van der Waals surface area contributed by atoms with E-state index in [9.17, 15) is 0 Å². The lowest BCUT2D eigenvalue weighted by Gasteiger charge is -2.34. The molecule has 1 aromatic heterocycles. The number of nitrogens with one attached hydrogen (secondary N) is 1. The monoisotopic (exact) mass is 255 g/mol. The van der Waals surface area contributed by atoms with Gasteiger partial charge in [0.15, 0.2) is 0 Å². The first-order valence-corrected chi connectivity index (χ1v) is 7.21. The molecule has 3 nitrogen and oxygen atoms in total. The predicted octanol–water partition coefficient (Wildman–Crippen LogP) is 4.01. The van der Waals surface area contributed by atoms with Crippen LogP contribution in [0.3, 0.4) is 0 Å². The third-order valence-electron chi connectivity index (χ3n) is 4.31. The molecule has 3 rings (SSSR count). The molecule has 0 atom stereocenters. The Labute approximate surface area is 114 Å². The Morgan fingerprint density at radius 2 is 1.95 bits per heavy atom. The lowest BCUT2D eigenvalue weighted by atomic mass is 9.76. The zero-order valence-electron chi connectivity index (χ0n) is 11.5. The third kappa shape index (κ3) is 2.70. The van der Waals surface area contributed by atoms with Crippen LogP contribution in [-0.2, 0) is 0 Å². The van der Waals surface area contributed by atoms with Crippen molar-refractivity contribution >= 4 is 16.6 Å². The maximum absolute atomic E-state index is 4.16. The number of nitrogens with zero attached hydrogens (tertiary/aromatic N) is 2. The molecule has 0 radical (unpaired) electrons. The second-order valence-electron chi connectivity index (χ2n) is 6.00. The summed E-state index contributed by atoms with van der Waals surface area (Å²) in [5, 5.41) is 13.0. The molecule has 0 spiro atoms. The molecule has 0 bridgehead atoms. The van der Waals surface area contributed by atoms with E-state index < -0.39 is 0 Å². The molecule has 0 saturated heterocycles. The van der Waals surface area contributed by atoms with Crippen LogP contribution < -0.4 is 5.32 Å². The predicted molar refractivity (Wildman–Crippen MR) is 79.2 cm³/mol. The average molecular weight is 255 g/mol. The highest BCUT2D eigenvalue weighted by atomic mass is 15.1. The van der Waals surface area contributed by atoms with Gasteiger partial charge in [0.25, 0.3) is 0 Å². The normalized spacial score (nSPS) is 18.4. The van der Waals surface area contributed by atoms with Crippen molar-refractivity contribution in [2.24, 2.45) is 5.41 Å². The summed E-state index contributed by atoms with van der Waals surface area (Å²) in [7, 11) is 0. The minimum atomic E-state index is 0.433. The van der Waals surface area contributed by atoms with Crippen molar-refractivity contribution in [2.75, 3.05) is 11.9 Å². The highest BCUT2D eigenvalue weighted by molar-refractivity contribution is 5.90. The summed E-state index contributed by atoms with van der Waals surface area (Å²) < 4.78 is 0. The molecule has 3 heteroatoms. The lowest BCUT2D eigenvalue weighted by Crippen LogP contribution is -2.29. The molecule has 1 heterocycles. The van der Waals surface area contributed by atoms with Crippen molar-refractivity contribution in [1.82, 2.24) is 10.2 Å². The molecule has 0 amide bonds. The molecule has 2 aromatic rings. The van der Waals surface area contributed by atoms with Crippen molar-refractivity contribution in [3.63, 3.8) is 0 Å². The van der Waals surface area contributed by atoms with Gasteiger partial charge in [0, 0.05) is 11.9 Å². The first-order chi connectivity index (χ1) is 9.27. The molecule has 1 aliphatic carbocycles. The zero-order valence-corrected chi connectivity index (χ0v) is 11.5. The summed E-state index contributed by atoms with van der Waals surface area (Å²) in [4.78, 5) is 0. The molecule has 0 unspecified atom stereocenters. The quantitative estimate of drug-likeness (QED) is 0.900. The Morgan fingerprint density at radius 1 is 1.16 bits per heavy atom. The fraction of sp³-hybridized carbons (Fsp3) is 0.500. The summed E-state index contributed by atoms with van der Waals surface area (Å²) in [5.74, 6) is 0. The fourth-order valence-corrected chi connectivity index (χ4v) is 3.04. The molecular formula is C16H21N3. The molecule has 19 heavy (non-hydrogen) atoms. The second kappa shape index (κ2) is 5.16. The number of hydrogen-bond acceptors (Lipinski definition) is 3. The van der Waals surface area contributed by atoms with Gasteiger partial charge in [0.2, 0.25) is 0 Å². The minimum absolute atomic E-state index is 0.433. The van der Waals surface area contributed by atoms with E-state index in [4.69, 9.17) is 0 Å². The van der Waals surface area contributed by atoms with Gasteiger partial charge in [-0.25, -0.2) is 0 Å². The number of hydrogen-bond donors (Lipinski definition) is 1. The number of anilines is 1. The van der Waals surface area contributed by atoms with Gasteiger partial charge >= 0.3 is 0 Å². The highest BCUT2D eigenvalue weighted by Gasteiger charge is 2.26. The van der Waals surface area contributed by atoms with Crippen LogP contribution in [0.15, 0.2) is 30.5 Å². The van der Waals surface area contributed by atoms with Crippen LogP contribution in [0.5, 0.6) is 0 Å². The van der Waals surface area contributed by atoms with Gasteiger partial charge in [-0.3, -0.25) is 0 Å². The Morgan fingerprint density at radius 3 is 2.79 bits per heavy atom. The van der Waals surface area contributed by atoms with Crippen LogP contribution in [0, 0.1) is 5.41 Å². The topological polar surface area (TPSA) is 37.8 Å². The zero-order chi connectivity index (χ0) is 13.1. The van der Waals surface area contributed by atoms with Gasteiger partial charge in [-0.05, 0) is 24.3 Å². The fourth-order valence-electron chi connectivity index (χ4n) is 3.04. The van der Waals surface area contributed by atoms with E-state index in [1.165, 1.54) is 32.1 Å². The molecule has 1 aliphatic rings. The number of aromatic nitrogens is 2. The molecule has 1 aromatic carbocycles. The van der Waals surface area contributed by atoms with Gasteiger partial charge in [-0.1, -0.05) is 44.4 Å². The maximum atomic E-state index is 4.16. The Balaban J connectivity index is 1.78. The average Bonchev–Trinajstić information content (AvgIpc) is 2.46. The summed E-state index contributed by atoms with van der Waals surface area (Å²) >= 11 is 0. The third-order valence-corrected chi connectivity index (χ3v) is 4.31. The van der Waals surface area contributed by atoms with Crippen molar-refractivity contribution in [3.8, 4) is 0 Å². The first kappa shape index (κ1) is 12.4. The summed E-state index contributed by atoms with van der Waals surface area (Å²) in [5.41, 5.74) is 2.50. The van der Waals surface area contributed by atoms with Gasteiger partial charge in [-0.2, -0.15) is 10.2 Å². The van der Waals surface area contributed by atoms with E-state index in [1.54, 1.807) is 0 Å². The van der Waals surface area contributed by atoms with E-state index >= 15 is 0 Å². The van der Waals surface area contributed by atoms with Crippen LogP contribution in [0.25, 0.3) is 10.9 Å². The largest absolute Gasteiger partial charge is 0.383 e. The van der Waals surface area contributed by atoms with Crippen LogP contribution in [-0.4, -0.2) is 16.7 Å². The first-order valence-electron chi connectivity index (χ1n) is 7.21. The lowest BCUT2D eigenvalue weighted by molar-refractivity contribution is 0.233. The van der Waals surface area contributed by atoms with Crippen molar-refractivity contribution < 1.29 is 0 Å². The Bertz CT molecular complexity index is 553. The molecular weight excluding hydrogens is 234 g/mol. The van der Waals surface area contributed by atoms with Crippen LogP contribution in [0.1, 0.15) is 39.0 Å². The number of fused-ring (bicyclic) bond motifs is 1. The molecule has 100 valence electrons. The van der Waals surface area contributed by atoms with Gasteiger partial charge in [-0.15, -0.1) is 0 Å². The van der Waals surface area contributed by atoms with Gasteiger partial charge in [0.05, 0.1) is 17.4 Å². The standard InChI is InChI=1S/C16H21N3/c1-16(9-5-2-6-10-16)12-17-15-11-18-19-14-8-4-3-7-13(14)15/h3-4,7-8,11H,2,5-6,9-10,12H2,1H3,(H,17,19). The summed E-state index contributed by atoms with van der Waals surface area (Å²) in [6.45, 7) is 3.43. The Hall–Kier alpha value is -1.64. The van der Waals surface area contributed by atoms with E-state index in [1.807, 2.05) is 18.3 Å². The van der Waals surface area contributed by atoms with Crippen LogP contribution in [0.2, 0.25) is 0 Å². The van der Waals surface area contributed by atoms with Crippen molar-refractivity contribution in [3.05, 3.63) is 30.5 Å². The second-order valence-corrected chi connectivity index (χ2v) is 6.00. The van der Waals surface area contributed by atoms with E-state index in [0.717, 1.165) is 23.1 Å². The molecule has 1 fully saturated rings. The molecule has 0 aliphatic heterocycles. The molecule has 1 N–H and O–H groups in total. The van der Waals surface area contributed by atoms with Crippen LogP contribution in [0.4, 0.5) is 5.69 Å². The summed E-state index contributed by atoms with van der Waals surface area (Å²) in [6.07, 6.45) is 8.64. The SMILES string of the molecule is CC1(CNc2cnnc3ccccc23)CCCCC1. The summed E-state index contributed by atoms with van der Waals surface area (Å²) in [6, 6.07) is 8.17. The maximum Gasteiger partial charge on any atom is 0.0950 e. The van der Waals surface area contributed by atoms with Gasteiger partial charge < -0.3 is 5.32 Å². The minimum Gasteiger partial charge on any atom is -0.383 e. The number of rotatable bonds is 3. The van der Waals surface area contributed by atoms with Crippen molar-refractivity contribution in [1.29, 1.82) is 0 Å². The Kier molecular flexibility index (Phi) is 3.36. The van der Waals surface area contributed by atoms with Gasteiger partial charge in [0.1, 0.15) is 0 Å². The van der Waals surface area contributed by atoms with E-state index in [-0.39, 0.29) is 0 Å². The van der Waals surface area contributed by atoms with Crippen molar-refractivity contribution in [2.45, 2.75) is 39.0 Å². The van der Waals surface area contributed by atoms with E-state index in [2.05, 4.69) is 34.6 Å².